The number of hydrogen-bond acceptors (Lipinski definition) is 2. The predicted octanol–water partition coefficient (Wildman–Crippen LogP) is 1.62. The number of piperidine rings is 1. The largest absolute Gasteiger partial charge is 0.406 e. The standard InChI is InChI=1S/C9H17F3N2/c1-3-14-6-4-8(13-2,5-7-14)9(10,11)12/h13H,3-7H2,1-2H3. The Bertz CT molecular complexity index is 183. The third-order valence-electron chi connectivity index (χ3n) is 3.18. The summed E-state index contributed by atoms with van der Waals surface area (Å²) in [6, 6.07) is 0. The first-order valence-corrected chi connectivity index (χ1v) is 4.93. The van der Waals surface area contributed by atoms with Crippen molar-refractivity contribution in [2.45, 2.75) is 31.5 Å². The van der Waals surface area contributed by atoms with Crippen molar-refractivity contribution in [2.24, 2.45) is 0 Å². The molecule has 5 heteroatoms. The molecule has 0 aromatic rings. The summed E-state index contributed by atoms with van der Waals surface area (Å²) in [4.78, 5) is 2.04. The van der Waals surface area contributed by atoms with Gasteiger partial charge in [-0.05, 0) is 26.4 Å². The van der Waals surface area contributed by atoms with Crippen LogP contribution >= 0.6 is 0 Å². The molecule has 0 saturated carbocycles. The minimum absolute atomic E-state index is 0.154. The molecule has 0 atom stereocenters. The summed E-state index contributed by atoms with van der Waals surface area (Å²) in [5.74, 6) is 0. The van der Waals surface area contributed by atoms with Gasteiger partial charge in [0.05, 0.1) is 0 Å². The fraction of sp³-hybridized carbons (Fsp3) is 1.00. The summed E-state index contributed by atoms with van der Waals surface area (Å²) in [6.45, 7) is 3.85. The van der Waals surface area contributed by atoms with Crippen molar-refractivity contribution in [3.05, 3.63) is 0 Å². The lowest BCUT2D eigenvalue weighted by atomic mass is 9.87. The first-order valence-electron chi connectivity index (χ1n) is 4.93. The molecule has 0 unspecified atom stereocenters. The molecule has 0 radical (unpaired) electrons. The number of nitrogens with zero attached hydrogens (tertiary/aromatic N) is 1. The zero-order valence-electron chi connectivity index (χ0n) is 8.62. The van der Waals surface area contributed by atoms with Crippen LogP contribution in [0.3, 0.4) is 0 Å². The van der Waals surface area contributed by atoms with Crippen LogP contribution in [0.5, 0.6) is 0 Å². The van der Waals surface area contributed by atoms with Crippen LogP contribution in [0.2, 0.25) is 0 Å². The molecular weight excluding hydrogens is 193 g/mol. The number of hydrogen-bond donors (Lipinski definition) is 1. The molecule has 1 fully saturated rings. The van der Waals surface area contributed by atoms with Crippen molar-refractivity contribution in [1.82, 2.24) is 10.2 Å². The van der Waals surface area contributed by atoms with E-state index in [0.29, 0.717) is 13.1 Å². The van der Waals surface area contributed by atoms with Crippen LogP contribution in [0.4, 0.5) is 13.2 Å². The van der Waals surface area contributed by atoms with E-state index in [1.807, 2.05) is 11.8 Å². The third-order valence-corrected chi connectivity index (χ3v) is 3.18. The molecular formula is C9H17F3N2. The van der Waals surface area contributed by atoms with Crippen molar-refractivity contribution in [3.8, 4) is 0 Å². The molecule has 1 N–H and O–H groups in total. The van der Waals surface area contributed by atoms with Gasteiger partial charge in [-0.25, -0.2) is 0 Å². The summed E-state index contributed by atoms with van der Waals surface area (Å²) in [7, 11) is 1.40. The summed E-state index contributed by atoms with van der Waals surface area (Å²) in [6.07, 6.45) is -3.83. The van der Waals surface area contributed by atoms with Gasteiger partial charge in [0.25, 0.3) is 0 Å². The Hall–Kier alpha value is -0.290. The Morgan fingerprint density at radius 1 is 1.29 bits per heavy atom. The lowest BCUT2D eigenvalue weighted by molar-refractivity contribution is -0.207. The molecule has 0 amide bonds. The van der Waals surface area contributed by atoms with Crippen LogP contribution in [-0.4, -0.2) is 43.3 Å². The average molecular weight is 210 g/mol. The second kappa shape index (κ2) is 4.06. The highest BCUT2D eigenvalue weighted by Crippen LogP contribution is 2.37. The normalized spacial score (nSPS) is 23.8. The van der Waals surface area contributed by atoms with Crippen LogP contribution in [0.1, 0.15) is 19.8 Å². The van der Waals surface area contributed by atoms with E-state index in [1.54, 1.807) is 0 Å². The summed E-state index contributed by atoms with van der Waals surface area (Å²) < 4.78 is 38.2. The molecule has 14 heavy (non-hydrogen) atoms. The number of likely N-dealkylation sites (tertiary alicyclic amines) is 1. The van der Waals surface area contributed by atoms with Crippen molar-refractivity contribution in [2.75, 3.05) is 26.7 Å². The Balaban J connectivity index is 2.66. The number of rotatable bonds is 2. The molecule has 0 aromatic carbocycles. The van der Waals surface area contributed by atoms with Gasteiger partial charge in [0.2, 0.25) is 0 Å². The highest BCUT2D eigenvalue weighted by molar-refractivity contribution is 4.98. The average Bonchev–Trinajstić information content (AvgIpc) is 2.16. The quantitative estimate of drug-likeness (QED) is 0.745. The summed E-state index contributed by atoms with van der Waals surface area (Å²) >= 11 is 0. The first-order chi connectivity index (χ1) is 6.45. The van der Waals surface area contributed by atoms with Crippen LogP contribution in [0, 0.1) is 0 Å². The molecule has 1 aliphatic rings. The van der Waals surface area contributed by atoms with E-state index in [9.17, 15) is 13.2 Å². The fourth-order valence-corrected chi connectivity index (χ4v) is 1.93. The van der Waals surface area contributed by atoms with E-state index in [4.69, 9.17) is 0 Å². The van der Waals surface area contributed by atoms with Crippen LogP contribution in [0.25, 0.3) is 0 Å². The van der Waals surface area contributed by atoms with E-state index in [1.165, 1.54) is 7.05 Å². The Morgan fingerprint density at radius 3 is 2.07 bits per heavy atom. The maximum Gasteiger partial charge on any atom is 0.406 e. The van der Waals surface area contributed by atoms with Crippen molar-refractivity contribution < 1.29 is 13.2 Å². The number of halogens is 3. The van der Waals surface area contributed by atoms with Gasteiger partial charge in [-0.3, -0.25) is 0 Å². The predicted molar refractivity (Wildman–Crippen MR) is 49.2 cm³/mol. The fourth-order valence-electron chi connectivity index (χ4n) is 1.93. The maximum absolute atomic E-state index is 12.7. The lowest BCUT2D eigenvalue weighted by Crippen LogP contribution is -2.60. The molecule has 1 rings (SSSR count). The molecule has 84 valence electrons. The Labute approximate surface area is 82.5 Å². The molecule has 1 saturated heterocycles. The van der Waals surface area contributed by atoms with E-state index >= 15 is 0 Å². The molecule has 0 aliphatic carbocycles. The third kappa shape index (κ3) is 2.03. The highest BCUT2D eigenvalue weighted by Gasteiger charge is 2.54. The molecule has 0 spiro atoms. The topological polar surface area (TPSA) is 15.3 Å². The van der Waals surface area contributed by atoms with Crippen molar-refractivity contribution in [1.29, 1.82) is 0 Å². The second-order valence-corrected chi connectivity index (χ2v) is 3.76. The number of nitrogens with one attached hydrogen (secondary N) is 1. The summed E-state index contributed by atoms with van der Waals surface area (Å²) in [5.41, 5.74) is -1.65. The molecule has 1 heterocycles. The zero-order chi connectivity index (χ0) is 10.8. The number of alkyl halides is 3. The minimum atomic E-state index is -4.14. The second-order valence-electron chi connectivity index (χ2n) is 3.76. The highest BCUT2D eigenvalue weighted by atomic mass is 19.4. The Kier molecular flexibility index (Phi) is 3.42. The van der Waals surface area contributed by atoms with Gasteiger partial charge in [-0.1, -0.05) is 6.92 Å². The van der Waals surface area contributed by atoms with Gasteiger partial charge in [0.1, 0.15) is 5.54 Å². The van der Waals surface area contributed by atoms with Gasteiger partial charge in [0, 0.05) is 13.1 Å². The summed E-state index contributed by atoms with van der Waals surface area (Å²) in [5, 5.41) is 2.45. The van der Waals surface area contributed by atoms with E-state index in [2.05, 4.69) is 5.32 Å². The lowest BCUT2D eigenvalue weighted by Gasteiger charge is -2.42. The van der Waals surface area contributed by atoms with Crippen molar-refractivity contribution in [3.63, 3.8) is 0 Å². The van der Waals surface area contributed by atoms with Crippen molar-refractivity contribution >= 4 is 0 Å². The van der Waals surface area contributed by atoms with E-state index in [-0.39, 0.29) is 12.8 Å². The monoisotopic (exact) mass is 210 g/mol. The van der Waals surface area contributed by atoms with Crippen LogP contribution in [-0.2, 0) is 0 Å². The first kappa shape index (κ1) is 11.8. The van der Waals surface area contributed by atoms with Gasteiger partial charge in [0.15, 0.2) is 0 Å². The Morgan fingerprint density at radius 2 is 1.79 bits per heavy atom. The molecule has 0 bridgehead atoms. The van der Waals surface area contributed by atoms with Crippen LogP contribution in [0.15, 0.2) is 0 Å². The smallest absolute Gasteiger partial charge is 0.307 e. The SMILES string of the molecule is CCN1CCC(NC)(C(F)(F)F)CC1. The van der Waals surface area contributed by atoms with Gasteiger partial charge >= 0.3 is 6.18 Å². The molecule has 2 nitrogen and oxygen atoms in total. The van der Waals surface area contributed by atoms with Crippen LogP contribution < -0.4 is 5.32 Å². The van der Waals surface area contributed by atoms with E-state index in [0.717, 1.165) is 6.54 Å². The molecule has 0 aromatic heterocycles. The van der Waals surface area contributed by atoms with Gasteiger partial charge in [-0.2, -0.15) is 13.2 Å². The van der Waals surface area contributed by atoms with E-state index < -0.39 is 11.7 Å². The zero-order valence-corrected chi connectivity index (χ0v) is 8.62. The molecule has 1 aliphatic heterocycles. The maximum atomic E-state index is 12.7. The van der Waals surface area contributed by atoms with Gasteiger partial charge in [-0.15, -0.1) is 0 Å². The van der Waals surface area contributed by atoms with Gasteiger partial charge < -0.3 is 10.2 Å². The minimum Gasteiger partial charge on any atom is -0.307 e.